The van der Waals surface area contributed by atoms with Crippen LogP contribution in [0.2, 0.25) is 0 Å². The molecule has 0 saturated heterocycles. The topological polar surface area (TPSA) is 93.4 Å². The number of hydrogen-bond acceptors (Lipinski definition) is 6. The fraction of sp³-hybridized carbons (Fsp3) is 0.158. The minimum absolute atomic E-state index is 0.0881. The van der Waals surface area contributed by atoms with Crippen molar-refractivity contribution < 1.29 is 14.2 Å². The highest BCUT2D eigenvalue weighted by atomic mass is 32.1. The normalized spacial score (nSPS) is 12.3. The summed E-state index contributed by atoms with van der Waals surface area (Å²) in [6, 6.07) is 7.06. The maximum absolute atomic E-state index is 12.5. The molecule has 3 rings (SSSR count). The Morgan fingerprint density at radius 2 is 1.48 bits per heavy atom. The van der Waals surface area contributed by atoms with Gasteiger partial charge in [0.25, 0.3) is 11.1 Å². The summed E-state index contributed by atoms with van der Waals surface area (Å²) in [5, 5.41) is 2.17. The van der Waals surface area contributed by atoms with E-state index in [1.807, 2.05) is 17.5 Å². The molecule has 0 spiro atoms. The van der Waals surface area contributed by atoms with Gasteiger partial charge in [-0.3, -0.25) is 9.59 Å². The van der Waals surface area contributed by atoms with E-state index in [4.69, 9.17) is 14.2 Å². The van der Waals surface area contributed by atoms with Crippen LogP contribution in [0.4, 0.5) is 0 Å². The van der Waals surface area contributed by atoms with E-state index in [1.165, 1.54) is 38.7 Å². The summed E-state index contributed by atoms with van der Waals surface area (Å²) in [5.74, 6) is 1.44. The van der Waals surface area contributed by atoms with Crippen molar-refractivity contribution in [1.29, 1.82) is 0 Å². The van der Waals surface area contributed by atoms with E-state index in [9.17, 15) is 9.59 Å². The van der Waals surface area contributed by atoms with Crippen molar-refractivity contribution in [3.8, 4) is 17.2 Å². The lowest BCUT2D eigenvalue weighted by Crippen LogP contribution is -2.46. The third-order valence-electron chi connectivity index (χ3n) is 3.86. The quantitative estimate of drug-likeness (QED) is 0.677. The first-order valence-electron chi connectivity index (χ1n) is 7.95. The van der Waals surface area contributed by atoms with Gasteiger partial charge in [0.1, 0.15) is 27.9 Å². The molecule has 2 N–H and O–H groups in total. The first-order valence-corrected chi connectivity index (χ1v) is 8.83. The summed E-state index contributed by atoms with van der Waals surface area (Å²) in [4.78, 5) is 30.9. The number of aromatic amines is 2. The van der Waals surface area contributed by atoms with Crippen molar-refractivity contribution in [2.75, 3.05) is 21.3 Å². The second-order valence-electron chi connectivity index (χ2n) is 5.49. The Labute approximate surface area is 158 Å². The Balaban J connectivity index is 2.21. The Morgan fingerprint density at radius 3 is 1.96 bits per heavy atom. The van der Waals surface area contributed by atoms with Gasteiger partial charge in [0.2, 0.25) is 0 Å². The highest BCUT2D eigenvalue weighted by Crippen LogP contribution is 2.34. The van der Waals surface area contributed by atoms with Gasteiger partial charge in [0.15, 0.2) is 0 Å². The zero-order chi connectivity index (χ0) is 19.4. The van der Waals surface area contributed by atoms with E-state index >= 15 is 0 Å². The smallest absolute Gasteiger partial charge is 0.272 e. The van der Waals surface area contributed by atoms with Gasteiger partial charge in [-0.15, -0.1) is 11.3 Å². The SMILES string of the molecule is COc1cc(OC)c(/C=c2\[nH]c(=O)/c(=C/c3cccs3)[nH]c2=O)c(OC)c1. The predicted molar refractivity (Wildman–Crippen MR) is 104 cm³/mol. The number of rotatable bonds is 5. The molecule has 2 heterocycles. The number of thiophene rings is 1. The van der Waals surface area contributed by atoms with Crippen LogP contribution in [-0.4, -0.2) is 31.3 Å². The monoisotopic (exact) mass is 386 g/mol. The Hall–Kier alpha value is -3.26. The van der Waals surface area contributed by atoms with Crippen LogP contribution in [-0.2, 0) is 0 Å². The van der Waals surface area contributed by atoms with Gasteiger partial charge >= 0.3 is 0 Å². The van der Waals surface area contributed by atoms with Crippen LogP contribution in [0.15, 0.2) is 39.2 Å². The molecule has 0 saturated carbocycles. The number of nitrogens with one attached hydrogen (secondary N) is 2. The van der Waals surface area contributed by atoms with Crippen LogP contribution in [0.3, 0.4) is 0 Å². The molecule has 8 heteroatoms. The van der Waals surface area contributed by atoms with Gasteiger partial charge in [-0.25, -0.2) is 0 Å². The van der Waals surface area contributed by atoms with Crippen molar-refractivity contribution in [3.05, 3.63) is 71.5 Å². The maximum Gasteiger partial charge on any atom is 0.272 e. The van der Waals surface area contributed by atoms with Crippen LogP contribution in [0.25, 0.3) is 12.2 Å². The van der Waals surface area contributed by atoms with Crippen molar-refractivity contribution in [1.82, 2.24) is 9.97 Å². The summed E-state index contributed by atoms with van der Waals surface area (Å²) in [7, 11) is 4.53. The van der Waals surface area contributed by atoms with E-state index in [0.29, 0.717) is 22.8 Å². The number of H-pyrrole nitrogens is 2. The summed E-state index contributed by atoms with van der Waals surface area (Å²) in [6.45, 7) is 0. The number of ether oxygens (including phenoxy) is 3. The lowest BCUT2D eigenvalue weighted by molar-refractivity contribution is 0.374. The maximum atomic E-state index is 12.5. The number of methoxy groups -OCH3 is 3. The van der Waals surface area contributed by atoms with Crippen LogP contribution < -0.4 is 36.0 Å². The van der Waals surface area contributed by atoms with Crippen molar-refractivity contribution >= 4 is 23.5 Å². The lowest BCUT2D eigenvalue weighted by Gasteiger charge is -2.12. The fourth-order valence-corrected chi connectivity index (χ4v) is 3.19. The van der Waals surface area contributed by atoms with Gasteiger partial charge in [-0.05, 0) is 23.6 Å². The molecular weight excluding hydrogens is 368 g/mol. The summed E-state index contributed by atoms with van der Waals surface area (Å²) >= 11 is 1.47. The predicted octanol–water partition coefficient (Wildman–Crippen LogP) is 0.808. The van der Waals surface area contributed by atoms with Crippen LogP contribution in [0.5, 0.6) is 17.2 Å². The van der Waals surface area contributed by atoms with Gasteiger partial charge in [0.05, 0.1) is 26.9 Å². The Bertz CT molecular complexity index is 1150. The molecule has 0 aliphatic rings. The molecule has 0 radical (unpaired) electrons. The Kier molecular flexibility index (Phi) is 5.46. The molecule has 0 bridgehead atoms. The molecule has 0 unspecified atom stereocenters. The third kappa shape index (κ3) is 3.95. The van der Waals surface area contributed by atoms with E-state index < -0.39 is 11.1 Å². The van der Waals surface area contributed by atoms with Crippen LogP contribution in [0, 0.1) is 0 Å². The molecular formula is C19H18N2O5S. The van der Waals surface area contributed by atoms with Crippen molar-refractivity contribution in [2.24, 2.45) is 0 Å². The van der Waals surface area contributed by atoms with Crippen LogP contribution in [0.1, 0.15) is 10.4 Å². The van der Waals surface area contributed by atoms with E-state index in [2.05, 4.69) is 9.97 Å². The molecule has 0 aliphatic heterocycles. The second kappa shape index (κ2) is 7.96. The van der Waals surface area contributed by atoms with E-state index in [0.717, 1.165) is 4.88 Å². The van der Waals surface area contributed by atoms with Gasteiger partial charge in [-0.2, -0.15) is 0 Å². The average Bonchev–Trinajstić information content (AvgIpc) is 3.18. The zero-order valence-electron chi connectivity index (χ0n) is 15.0. The largest absolute Gasteiger partial charge is 0.496 e. The van der Waals surface area contributed by atoms with Crippen molar-refractivity contribution in [3.63, 3.8) is 0 Å². The van der Waals surface area contributed by atoms with Crippen molar-refractivity contribution in [2.45, 2.75) is 0 Å². The minimum Gasteiger partial charge on any atom is -0.496 e. The molecule has 0 amide bonds. The summed E-state index contributed by atoms with van der Waals surface area (Å²) in [6.07, 6.45) is 3.13. The molecule has 2 aromatic heterocycles. The van der Waals surface area contributed by atoms with Crippen LogP contribution >= 0.6 is 11.3 Å². The van der Waals surface area contributed by atoms with Gasteiger partial charge < -0.3 is 24.2 Å². The second-order valence-corrected chi connectivity index (χ2v) is 6.46. The zero-order valence-corrected chi connectivity index (χ0v) is 15.8. The van der Waals surface area contributed by atoms with Gasteiger partial charge in [0, 0.05) is 17.0 Å². The Morgan fingerprint density at radius 1 is 0.889 bits per heavy atom. The molecule has 0 fully saturated rings. The molecule has 27 heavy (non-hydrogen) atoms. The molecule has 3 aromatic rings. The molecule has 140 valence electrons. The third-order valence-corrected chi connectivity index (χ3v) is 4.68. The number of hydrogen-bond donors (Lipinski definition) is 2. The summed E-state index contributed by atoms with van der Waals surface area (Å²) in [5.41, 5.74) is -0.324. The molecule has 7 nitrogen and oxygen atoms in total. The number of benzene rings is 1. The number of aromatic nitrogens is 2. The molecule has 0 atom stereocenters. The summed E-state index contributed by atoms with van der Waals surface area (Å²) < 4.78 is 15.9. The van der Waals surface area contributed by atoms with E-state index in [-0.39, 0.29) is 10.7 Å². The highest BCUT2D eigenvalue weighted by molar-refractivity contribution is 7.10. The standard InChI is InChI=1S/C19H18N2O5S/c1-24-11-7-16(25-2)13(17(8-11)26-3)10-15-19(23)20-14(18(22)21-15)9-12-5-4-6-27-12/h4-10H,1-3H3,(H,20,23)(H,21,22)/b14-9-,15-10-. The molecule has 0 aliphatic carbocycles. The van der Waals surface area contributed by atoms with E-state index in [1.54, 1.807) is 18.2 Å². The first kappa shape index (κ1) is 18.5. The minimum atomic E-state index is -0.433. The first-order chi connectivity index (χ1) is 13.0. The van der Waals surface area contributed by atoms with Gasteiger partial charge in [-0.1, -0.05) is 6.07 Å². The fourth-order valence-electron chi connectivity index (χ4n) is 2.53. The molecule has 1 aromatic carbocycles. The highest BCUT2D eigenvalue weighted by Gasteiger charge is 2.11. The lowest BCUT2D eigenvalue weighted by atomic mass is 10.1. The average molecular weight is 386 g/mol.